The van der Waals surface area contributed by atoms with Crippen LogP contribution < -0.4 is 22.1 Å². The van der Waals surface area contributed by atoms with Crippen LogP contribution in [0, 0.1) is 41.5 Å². The zero-order valence-electron chi connectivity index (χ0n) is 43.2. The van der Waals surface area contributed by atoms with Crippen LogP contribution in [-0.2, 0) is 37.4 Å². The monoisotopic (exact) mass is 962 g/mol. The molecule has 8 aromatic rings. The van der Waals surface area contributed by atoms with Crippen molar-refractivity contribution >= 4 is 53.6 Å². The molecular weight excluding hydrogens is 893 g/mol. The maximum atomic E-state index is 12.9. The minimum atomic E-state index is -1.12. The Hall–Kier alpha value is -7.30. The maximum Gasteiger partial charge on any atom is 0.251 e. The minimum Gasteiger partial charge on any atom is -0.384 e. The van der Waals surface area contributed by atoms with E-state index in [2.05, 4.69) is 95.9 Å². The number of rotatable bonds is 15. The predicted octanol–water partition coefficient (Wildman–Crippen LogP) is 9.57. The number of aryl methyl sites for hydroxylation is 6. The fourth-order valence-corrected chi connectivity index (χ4v) is 8.87. The lowest BCUT2D eigenvalue weighted by Crippen LogP contribution is -2.24. The van der Waals surface area contributed by atoms with Crippen molar-refractivity contribution in [1.82, 2.24) is 50.1 Å². The van der Waals surface area contributed by atoms with E-state index in [1.165, 1.54) is 0 Å². The van der Waals surface area contributed by atoms with E-state index in [4.69, 9.17) is 22.6 Å². The molecule has 70 heavy (non-hydrogen) atoms. The van der Waals surface area contributed by atoms with Gasteiger partial charge in [0.2, 0.25) is 0 Å². The third kappa shape index (κ3) is 13.9. The molecule has 0 radical (unpaired) electrons. The lowest BCUT2D eigenvalue weighted by Gasteiger charge is -2.16. The fraction of sp³-hybridized carbons (Fsp3) is 0.333. The van der Waals surface area contributed by atoms with Crippen molar-refractivity contribution in [3.05, 3.63) is 164 Å². The van der Waals surface area contributed by atoms with Gasteiger partial charge in [0.05, 0.1) is 0 Å². The molecule has 7 N–H and O–H groups in total. The lowest BCUT2D eigenvalue weighted by atomic mass is 10.1. The highest BCUT2D eigenvalue weighted by molar-refractivity contribution is 6.76. The normalized spacial score (nSPS) is 11.4. The van der Waals surface area contributed by atoms with Crippen LogP contribution in [0.5, 0.6) is 0 Å². The van der Waals surface area contributed by atoms with Crippen LogP contribution in [-0.4, -0.2) is 66.0 Å². The van der Waals surface area contributed by atoms with Crippen LogP contribution in [0.4, 0.5) is 11.6 Å². The molecule has 0 saturated carbocycles. The van der Waals surface area contributed by atoms with Gasteiger partial charge in [0.15, 0.2) is 0 Å². The van der Waals surface area contributed by atoms with E-state index in [-0.39, 0.29) is 11.8 Å². The van der Waals surface area contributed by atoms with Crippen molar-refractivity contribution in [2.24, 2.45) is 0 Å². The summed E-state index contributed by atoms with van der Waals surface area (Å²) in [5, 5.41) is 8.11. The summed E-state index contributed by atoms with van der Waals surface area (Å²) in [6, 6.07) is 20.3. The number of carbonyl (C=O) groups is 2. The fourth-order valence-electron chi connectivity index (χ4n) is 8.11. The summed E-state index contributed by atoms with van der Waals surface area (Å²) >= 11 is 0. The Labute approximate surface area is 413 Å². The molecule has 0 aliphatic rings. The van der Waals surface area contributed by atoms with Crippen molar-refractivity contribution in [2.45, 2.75) is 114 Å². The van der Waals surface area contributed by atoms with E-state index in [1.807, 2.05) is 71.3 Å². The number of aromatic nitrogens is 8. The zero-order valence-corrected chi connectivity index (χ0v) is 43.2. The van der Waals surface area contributed by atoms with Crippen LogP contribution in [0.2, 0.25) is 25.7 Å². The topological polar surface area (TPSA) is 218 Å². The van der Waals surface area contributed by atoms with Gasteiger partial charge in [-0.15, -0.1) is 0 Å². The van der Waals surface area contributed by atoms with Gasteiger partial charge in [-0.1, -0.05) is 33.5 Å². The van der Waals surface area contributed by atoms with Crippen LogP contribution in [0.3, 0.4) is 0 Å². The van der Waals surface area contributed by atoms with E-state index in [0.717, 1.165) is 102 Å². The number of amides is 2. The van der Waals surface area contributed by atoms with Crippen LogP contribution in [0.1, 0.15) is 103 Å². The molecule has 0 aliphatic carbocycles. The average molecular weight is 962 g/mol. The summed E-state index contributed by atoms with van der Waals surface area (Å²) in [4.78, 5) is 55.5. The number of nitrogens with one attached hydrogen (secondary N) is 3. The summed E-state index contributed by atoms with van der Waals surface area (Å²) in [5.74, 6) is 0.671. The number of H-pyrrole nitrogens is 1. The Balaban J connectivity index is 0.000000225. The molecular formula is C54H68N12O3Si. The second-order valence-electron chi connectivity index (χ2n) is 18.7. The average Bonchev–Trinajstić information content (AvgIpc) is 3.83. The summed E-state index contributed by atoms with van der Waals surface area (Å²) in [6.45, 7) is 23.3. The molecule has 8 heterocycles. The minimum absolute atomic E-state index is 0.149. The van der Waals surface area contributed by atoms with E-state index >= 15 is 0 Å². The smallest absolute Gasteiger partial charge is 0.251 e. The molecule has 366 valence electrons. The third-order valence-corrected chi connectivity index (χ3v) is 13.5. The van der Waals surface area contributed by atoms with Gasteiger partial charge in [-0.25, -0.2) is 19.9 Å². The summed E-state index contributed by atoms with van der Waals surface area (Å²) in [7, 11) is -1.12. The number of nitrogens with two attached hydrogens (primary N) is 2. The van der Waals surface area contributed by atoms with Gasteiger partial charge in [-0.3, -0.25) is 19.6 Å². The predicted molar refractivity (Wildman–Crippen MR) is 283 cm³/mol. The molecule has 0 saturated heterocycles. The van der Waals surface area contributed by atoms with Gasteiger partial charge in [0.1, 0.15) is 29.7 Å². The summed E-state index contributed by atoms with van der Waals surface area (Å²) in [6.07, 6.45) is 8.25. The first-order chi connectivity index (χ1) is 33.8. The van der Waals surface area contributed by atoms with E-state index in [9.17, 15) is 9.59 Å². The molecule has 8 rings (SSSR count). The number of anilines is 2. The Morgan fingerprint density at radius 3 is 1.74 bits per heavy atom. The van der Waals surface area contributed by atoms with Gasteiger partial charge in [0.25, 0.3) is 11.8 Å². The van der Waals surface area contributed by atoms with Crippen molar-refractivity contribution < 1.29 is 15.7 Å². The molecule has 16 heteroatoms. The van der Waals surface area contributed by atoms with Crippen LogP contribution in [0.15, 0.2) is 85.5 Å². The Bertz CT molecular complexity index is 3100. The highest BCUT2D eigenvalue weighted by Gasteiger charge is 2.16. The number of pyridine rings is 6. The molecule has 0 atom stereocenters. The number of ether oxygens (including phenoxy) is 1. The number of hydrogen-bond donors (Lipinski definition) is 5. The molecule has 0 spiro atoms. The molecule has 15 nitrogen and oxygen atoms in total. The molecule has 0 bridgehead atoms. The number of carbonyl (C=O) groups excluding carboxylic acids is 2. The second kappa shape index (κ2) is 23.3. The van der Waals surface area contributed by atoms with Crippen LogP contribution >= 0.6 is 0 Å². The van der Waals surface area contributed by atoms with Crippen molar-refractivity contribution in [3.63, 3.8) is 0 Å². The number of fused-ring (bicyclic) bond motifs is 2. The van der Waals surface area contributed by atoms with E-state index in [0.29, 0.717) is 62.3 Å². The highest BCUT2D eigenvalue weighted by Crippen LogP contribution is 2.22. The van der Waals surface area contributed by atoms with Crippen molar-refractivity contribution in [3.8, 4) is 0 Å². The molecule has 2 amide bonds. The van der Waals surface area contributed by atoms with Gasteiger partial charge in [-0.2, -0.15) is 0 Å². The Morgan fingerprint density at radius 2 is 1.23 bits per heavy atom. The number of hydrogen-bond acceptors (Lipinski definition) is 11. The lowest BCUT2D eigenvalue weighted by molar-refractivity contribution is 0.0886. The number of aromatic amines is 1. The van der Waals surface area contributed by atoms with Gasteiger partial charge >= 0.3 is 0 Å². The van der Waals surface area contributed by atoms with Crippen molar-refractivity contribution in [2.75, 3.05) is 18.1 Å². The van der Waals surface area contributed by atoms with Gasteiger partial charge in [0, 0.05) is 123 Å². The number of nitrogen functional groups attached to an aromatic ring is 2. The third-order valence-electron chi connectivity index (χ3n) is 11.8. The Kier molecular flexibility index (Phi) is 16.9. The first kappa shape index (κ1) is 50.6. The largest absolute Gasteiger partial charge is 0.384 e. The maximum absolute atomic E-state index is 12.9. The summed E-state index contributed by atoms with van der Waals surface area (Å²) < 4.78 is 14.3. The quantitative estimate of drug-likeness (QED) is 0.0481. The first-order valence-corrected chi connectivity index (χ1v) is 27.2. The van der Waals surface area contributed by atoms with E-state index in [1.54, 1.807) is 31.5 Å². The molecule has 0 aromatic carbocycles. The van der Waals surface area contributed by atoms with E-state index < -0.39 is 8.07 Å². The Morgan fingerprint density at radius 1 is 0.714 bits per heavy atom. The van der Waals surface area contributed by atoms with Gasteiger partial charge < -0.3 is 36.4 Å². The van der Waals surface area contributed by atoms with Crippen LogP contribution in [0.25, 0.3) is 22.1 Å². The molecule has 0 fully saturated rings. The molecule has 8 aromatic heterocycles. The van der Waals surface area contributed by atoms with Gasteiger partial charge in [-0.05, 0) is 142 Å². The zero-order chi connectivity index (χ0) is 51.4. The SMILES string of the molecule is Cc1cc(N)nc(C)c1CNC(=O)c1ccnc(Cc2cnc3c(c2)cc(C)n3COCC[Si](C)(C)C)c1.Cc1cc2cc(Cc3cc(C(=O)NCc4c(C)cc(N)nc4C)ccn3)cnc2[nH]1.[2H]CC. The highest BCUT2D eigenvalue weighted by atomic mass is 28.3. The second-order valence-corrected chi connectivity index (χ2v) is 24.3. The first-order valence-electron chi connectivity index (χ1n) is 24.2. The number of nitrogens with zero attached hydrogens (tertiary/aromatic N) is 7. The standard InChI is InChI=1S/C29H38N6O2Si.C23H24N6O.C2H6/c1-19-11-27(30)34-21(3)26(19)17-33-29(36)23-7-8-31-25(15-23)14-22-13-24-12-20(2)35(28(24)32-16-22)18-37-9-10-38(4,5)6;1-13-6-21(24)29-15(3)20(13)12-27-23(30)17-4-5-25-19(10-17)9-16-8-18-7-14(2)28-22(18)26-11-16;1-2/h7-8,11-13,15-16H,9-10,14,17-18H2,1-6H3,(H2,30,34)(H,33,36);4-8,10-11H,9,12H2,1-3H3,(H2,24,29)(H,26,28)(H,27,30);1-2H3/i;;1D. The summed E-state index contributed by atoms with van der Waals surface area (Å²) in [5.41, 5.74) is 26.1. The molecule has 0 aliphatic heterocycles. The molecule has 0 unspecified atom stereocenters. The van der Waals surface area contributed by atoms with Crippen molar-refractivity contribution in [1.29, 1.82) is 0 Å².